The third-order valence-electron chi connectivity index (χ3n) is 3.51. The van der Waals surface area contributed by atoms with E-state index >= 15 is 0 Å². The van der Waals surface area contributed by atoms with Gasteiger partial charge in [-0.1, -0.05) is 17.7 Å². The molecule has 3 heteroatoms. The van der Waals surface area contributed by atoms with Crippen molar-refractivity contribution in [2.45, 2.75) is 40.2 Å². The molecule has 0 bridgehead atoms. The number of aromatic nitrogens is 1. The first-order chi connectivity index (χ1) is 9.20. The fourth-order valence-corrected chi connectivity index (χ4v) is 2.43. The van der Waals surface area contributed by atoms with Crippen LogP contribution >= 0.6 is 0 Å². The van der Waals surface area contributed by atoms with Crippen LogP contribution in [0.1, 0.15) is 36.2 Å². The number of hydrogen-bond acceptors (Lipinski definition) is 2. The molecule has 0 fully saturated rings. The quantitative estimate of drug-likeness (QED) is 0.912. The van der Waals surface area contributed by atoms with Crippen LogP contribution in [0.5, 0.6) is 0 Å². The molecule has 0 atom stereocenters. The summed E-state index contributed by atoms with van der Waals surface area (Å²) < 4.78 is 1.96. The van der Waals surface area contributed by atoms with E-state index in [1.807, 2.05) is 30.5 Å². The maximum Gasteiger partial charge on any atom is 0.187 e. The van der Waals surface area contributed by atoms with Gasteiger partial charge < -0.3 is 9.67 Å². The number of benzene rings is 1. The number of aliphatic hydroxyl groups is 1. The van der Waals surface area contributed by atoms with Gasteiger partial charge in [-0.05, 0) is 46.2 Å². The molecule has 0 amide bonds. The average Bonchev–Trinajstić information content (AvgIpc) is 2.28. The lowest BCUT2D eigenvalue weighted by Gasteiger charge is -2.21. The first kappa shape index (κ1) is 14.5. The van der Waals surface area contributed by atoms with Crippen LogP contribution in [0.3, 0.4) is 0 Å². The molecule has 0 aliphatic carbocycles. The van der Waals surface area contributed by atoms with Crippen molar-refractivity contribution in [1.82, 2.24) is 4.57 Å². The minimum Gasteiger partial charge on any atom is -0.386 e. The molecule has 1 aromatic heterocycles. The van der Waals surface area contributed by atoms with Gasteiger partial charge in [-0.25, -0.2) is 0 Å². The largest absolute Gasteiger partial charge is 0.386 e. The van der Waals surface area contributed by atoms with Crippen LogP contribution in [0.4, 0.5) is 0 Å². The molecule has 0 saturated heterocycles. The second-order valence-electron chi connectivity index (χ2n) is 5.91. The molecule has 2 rings (SSSR count). The second-order valence-corrected chi connectivity index (χ2v) is 5.91. The summed E-state index contributed by atoms with van der Waals surface area (Å²) in [6, 6.07) is 7.77. The summed E-state index contributed by atoms with van der Waals surface area (Å²) in [6.45, 7) is 9.26. The van der Waals surface area contributed by atoms with Crippen molar-refractivity contribution < 1.29 is 5.11 Å². The Kier molecular flexibility index (Phi) is 3.57. The van der Waals surface area contributed by atoms with E-state index in [2.05, 4.69) is 13.0 Å². The van der Waals surface area contributed by atoms with Gasteiger partial charge in [-0.15, -0.1) is 0 Å². The van der Waals surface area contributed by atoms with Gasteiger partial charge in [0.05, 0.1) is 5.60 Å². The highest BCUT2D eigenvalue weighted by atomic mass is 16.3. The zero-order chi connectivity index (χ0) is 15.1. The number of nitrogens with zero attached hydrogens (tertiary/aromatic N) is 1. The molecule has 2 aromatic rings. The Morgan fingerprint density at radius 1 is 1.10 bits per heavy atom. The van der Waals surface area contributed by atoms with Crippen molar-refractivity contribution in [3.63, 3.8) is 0 Å². The summed E-state index contributed by atoms with van der Waals surface area (Å²) in [7, 11) is 0. The molecule has 3 nitrogen and oxygen atoms in total. The topological polar surface area (TPSA) is 42.2 Å². The minimum atomic E-state index is -1.15. The molecule has 0 saturated carbocycles. The third kappa shape index (κ3) is 2.68. The van der Waals surface area contributed by atoms with Crippen molar-refractivity contribution in [2.75, 3.05) is 0 Å². The highest BCUT2D eigenvalue weighted by molar-refractivity contribution is 5.44. The Morgan fingerprint density at radius 3 is 2.30 bits per heavy atom. The molecule has 1 aromatic carbocycles. The maximum atomic E-state index is 12.0. The highest BCUT2D eigenvalue weighted by Gasteiger charge is 2.21. The van der Waals surface area contributed by atoms with E-state index in [1.54, 1.807) is 26.1 Å². The summed E-state index contributed by atoms with van der Waals surface area (Å²) in [6.07, 6.45) is 1.75. The van der Waals surface area contributed by atoms with E-state index < -0.39 is 5.60 Å². The van der Waals surface area contributed by atoms with E-state index in [4.69, 9.17) is 0 Å². The van der Waals surface area contributed by atoms with Crippen molar-refractivity contribution in [3.05, 3.63) is 63.1 Å². The lowest BCUT2D eigenvalue weighted by Crippen LogP contribution is -2.27. The molecule has 1 heterocycles. The zero-order valence-corrected chi connectivity index (χ0v) is 12.7. The van der Waals surface area contributed by atoms with E-state index in [-0.39, 0.29) is 5.43 Å². The molecule has 1 N–H and O–H groups in total. The van der Waals surface area contributed by atoms with Crippen molar-refractivity contribution in [3.8, 4) is 5.69 Å². The molecular weight excluding hydrogens is 250 g/mol. The molecular formula is C17H21NO2. The molecule has 0 aliphatic heterocycles. The summed E-state index contributed by atoms with van der Waals surface area (Å²) in [5.41, 5.74) is 3.35. The Labute approximate surface area is 119 Å². The molecule has 0 radical (unpaired) electrons. The lowest BCUT2D eigenvalue weighted by molar-refractivity contribution is 0.0769. The van der Waals surface area contributed by atoms with Crippen LogP contribution in [0.15, 0.2) is 35.3 Å². The van der Waals surface area contributed by atoms with Crippen LogP contribution in [-0.4, -0.2) is 9.67 Å². The number of aryl methyl sites for hydroxylation is 3. The first-order valence-corrected chi connectivity index (χ1v) is 6.74. The molecule has 0 spiro atoms. The summed E-state index contributed by atoms with van der Waals surface area (Å²) in [5.74, 6) is 0. The van der Waals surface area contributed by atoms with E-state index in [9.17, 15) is 9.90 Å². The number of pyridine rings is 1. The summed E-state index contributed by atoms with van der Waals surface area (Å²) in [4.78, 5) is 12.0. The van der Waals surface area contributed by atoms with Gasteiger partial charge in [0.15, 0.2) is 5.43 Å². The predicted octanol–water partition coefficient (Wildman–Crippen LogP) is 2.99. The minimum absolute atomic E-state index is 0.129. The number of hydrogen-bond donors (Lipinski definition) is 1. The predicted molar refractivity (Wildman–Crippen MR) is 81.5 cm³/mol. The van der Waals surface area contributed by atoms with Crippen LogP contribution in [0.25, 0.3) is 5.69 Å². The molecule has 0 aliphatic rings. The van der Waals surface area contributed by atoms with E-state index in [0.29, 0.717) is 5.56 Å². The molecule has 0 unspecified atom stereocenters. The fraction of sp³-hybridized carbons (Fsp3) is 0.353. The van der Waals surface area contributed by atoms with Crippen LogP contribution in [0, 0.1) is 20.8 Å². The standard InChI is InChI=1S/C17H21NO2/c1-11-6-7-15(12(2)8-11)18-10-14(17(4,5)20)16(19)9-13(18)3/h6-10,20H,1-5H3. The Hall–Kier alpha value is -1.87. The highest BCUT2D eigenvalue weighted by Crippen LogP contribution is 2.21. The number of rotatable bonds is 2. The Morgan fingerprint density at radius 2 is 1.75 bits per heavy atom. The van der Waals surface area contributed by atoms with Gasteiger partial charge in [0.25, 0.3) is 0 Å². The van der Waals surface area contributed by atoms with E-state index in [0.717, 1.165) is 16.9 Å². The van der Waals surface area contributed by atoms with Crippen LogP contribution < -0.4 is 5.43 Å². The third-order valence-corrected chi connectivity index (χ3v) is 3.51. The fourth-order valence-electron chi connectivity index (χ4n) is 2.43. The van der Waals surface area contributed by atoms with Gasteiger partial charge in [-0.3, -0.25) is 4.79 Å². The first-order valence-electron chi connectivity index (χ1n) is 6.74. The molecule has 20 heavy (non-hydrogen) atoms. The van der Waals surface area contributed by atoms with Crippen LogP contribution in [-0.2, 0) is 5.60 Å². The summed E-state index contributed by atoms with van der Waals surface area (Å²) >= 11 is 0. The smallest absolute Gasteiger partial charge is 0.187 e. The lowest BCUT2D eigenvalue weighted by atomic mass is 9.99. The molecule has 106 valence electrons. The van der Waals surface area contributed by atoms with Gasteiger partial charge in [0.2, 0.25) is 0 Å². The van der Waals surface area contributed by atoms with E-state index in [1.165, 1.54) is 5.56 Å². The average molecular weight is 271 g/mol. The Balaban J connectivity index is 2.72. The van der Waals surface area contributed by atoms with Gasteiger partial charge >= 0.3 is 0 Å². The SMILES string of the molecule is Cc1ccc(-n2cc(C(C)(C)O)c(=O)cc2C)c(C)c1. The van der Waals surface area contributed by atoms with Gasteiger partial charge in [-0.2, -0.15) is 0 Å². The van der Waals surface area contributed by atoms with Crippen molar-refractivity contribution >= 4 is 0 Å². The van der Waals surface area contributed by atoms with Gasteiger partial charge in [0, 0.05) is 29.2 Å². The summed E-state index contributed by atoms with van der Waals surface area (Å²) in [5, 5.41) is 10.1. The Bertz CT molecular complexity index is 706. The zero-order valence-electron chi connectivity index (χ0n) is 12.7. The van der Waals surface area contributed by atoms with Crippen molar-refractivity contribution in [1.29, 1.82) is 0 Å². The monoisotopic (exact) mass is 271 g/mol. The second kappa shape index (κ2) is 4.91. The van der Waals surface area contributed by atoms with Gasteiger partial charge in [0.1, 0.15) is 0 Å². The van der Waals surface area contributed by atoms with Crippen molar-refractivity contribution in [2.24, 2.45) is 0 Å². The normalized spacial score (nSPS) is 11.7. The maximum absolute atomic E-state index is 12.0. The van der Waals surface area contributed by atoms with Crippen LogP contribution in [0.2, 0.25) is 0 Å².